The second kappa shape index (κ2) is 9.48. The number of carbonyl (C=O) groups excluding carboxylic acids is 1. The molecule has 2 N–H and O–H groups in total. The van der Waals surface area contributed by atoms with Crippen molar-refractivity contribution in [3.8, 4) is 0 Å². The molecule has 1 unspecified atom stereocenters. The number of benzene rings is 1. The van der Waals surface area contributed by atoms with Crippen LogP contribution < -0.4 is 10.0 Å². The molecule has 1 saturated heterocycles. The first-order valence-corrected chi connectivity index (χ1v) is 11.0. The first kappa shape index (κ1) is 20.9. The molecule has 1 fully saturated rings. The highest BCUT2D eigenvalue weighted by Crippen LogP contribution is 2.14. The zero-order chi connectivity index (χ0) is 19.2. The van der Waals surface area contributed by atoms with Crippen molar-refractivity contribution in [2.75, 3.05) is 19.6 Å². The van der Waals surface area contributed by atoms with Gasteiger partial charge in [0.25, 0.3) is 5.91 Å². The van der Waals surface area contributed by atoms with E-state index in [1.807, 2.05) is 13.8 Å². The van der Waals surface area contributed by atoms with Gasteiger partial charge in [-0.05, 0) is 63.4 Å². The molecule has 6 nitrogen and oxygen atoms in total. The summed E-state index contributed by atoms with van der Waals surface area (Å²) in [6.07, 6.45) is 3.78. The molecule has 1 atom stereocenters. The van der Waals surface area contributed by atoms with Crippen molar-refractivity contribution in [1.82, 2.24) is 14.9 Å². The van der Waals surface area contributed by atoms with E-state index in [-0.39, 0.29) is 22.9 Å². The van der Waals surface area contributed by atoms with E-state index in [4.69, 9.17) is 0 Å². The Morgan fingerprint density at radius 2 is 1.81 bits per heavy atom. The van der Waals surface area contributed by atoms with Gasteiger partial charge in [0.1, 0.15) is 0 Å². The van der Waals surface area contributed by atoms with Crippen LogP contribution in [0, 0.1) is 0 Å². The van der Waals surface area contributed by atoms with Gasteiger partial charge in [-0.1, -0.05) is 13.8 Å². The Morgan fingerprint density at radius 3 is 2.35 bits per heavy atom. The van der Waals surface area contributed by atoms with E-state index in [9.17, 15) is 13.2 Å². The zero-order valence-corrected chi connectivity index (χ0v) is 16.8. The lowest BCUT2D eigenvalue weighted by molar-refractivity contribution is 0.0911. The Hall–Kier alpha value is -1.44. The summed E-state index contributed by atoms with van der Waals surface area (Å²) in [5.41, 5.74) is 0.489. The van der Waals surface area contributed by atoms with Crippen molar-refractivity contribution in [1.29, 1.82) is 0 Å². The van der Waals surface area contributed by atoms with Crippen molar-refractivity contribution in [3.63, 3.8) is 0 Å². The quantitative estimate of drug-likeness (QED) is 0.725. The van der Waals surface area contributed by atoms with Crippen LogP contribution >= 0.6 is 0 Å². The van der Waals surface area contributed by atoms with Crippen LogP contribution in [-0.2, 0) is 10.0 Å². The summed E-state index contributed by atoms with van der Waals surface area (Å²) >= 11 is 0. The SMILES string of the molecule is CCCN1CCC(NC(=O)c2ccc(S(=O)(=O)NC(C)CC)cc2)CC1. The third kappa shape index (κ3) is 5.79. The molecule has 0 bridgehead atoms. The van der Waals surface area contributed by atoms with Crippen molar-refractivity contribution >= 4 is 15.9 Å². The van der Waals surface area contributed by atoms with E-state index in [1.165, 1.54) is 12.1 Å². The van der Waals surface area contributed by atoms with Crippen LogP contribution in [0.3, 0.4) is 0 Å². The summed E-state index contributed by atoms with van der Waals surface area (Å²) in [7, 11) is -3.54. The Morgan fingerprint density at radius 1 is 1.19 bits per heavy atom. The summed E-state index contributed by atoms with van der Waals surface area (Å²) in [6, 6.07) is 6.19. The first-order valence-electron chi connectivity index (χ1n) is 9.51. The van der Waals surface area contributed by atoms with Gasteiger partial charge < -0.3 is 10.2 Å². The molecule has 0 radical (unpaired) electrons. The molecule has 1 aromatic rings. The normalized spacial score (nSPS) is 17.8. The minimum Gasteiger partial charge on any atom is -0.349 e. The number of likely N-dealkylation sites (tertiary alicyclic amines) is 1. The Balaban J connectivity index is 1.93. The Labute approximate surface area is 157 Å². The fourth-order valence-electron chi connectivity index (χ4n) is 3.09. The summed E-state index contributed by atoms with van der Waals surface area (Å²) < 4.78 is 27.2. The number of piperidine rings is 1. The minimum absolute atomic E-state index is 0.124. The van der Waals surface area contributed by atoms with E-state index < -0.39 is 10.0 Å². The number of amides is 1. The molecule has 1 aromatic carbocycles. The van der Waals surface area contributed by atoms with Crippen LogP contribution in [0.5, 0.6) is 0 Å². The molecule has 1 amide bonds. The molecule has 2 rings (SSSR count). The average molecular weight is 382 g/mol. The predicted octanol–water partition coefficient (Wildman–Crippen LogP) is 2.37. The van der Waals surface area contributed by atoms with Crippen molar-refractivity contribution < 1.29 is 13.2 Å². The van der Waals surface area contributed by atoms with E-state index in [0.717, 1.165) is 45.3 Å². The molecular weight excluding hydrogens is 350 g/mol. The second-order valence-corrected chi connectivity index (χ2v) is 8.76. The highest BCUT2D eigenvalue weighted by atomic mass is 32.2. The highest BCUT2D eigenvalue weighted by molar-refractivity contribution is 7.89. The van der Waals surface area contributed by atoms with Gasteiger partial charge in [-0.25, -0.2) is 13.1 Å². The maximum absolute atomic E-state index is 12.4. The molecule has 0 saturated carbocycles. The Kier molecular flexibility index (Phi) is 7.61. The van der Waals surface area contributed by atoms with Gasteiger partial charge >= 0.3 is 0 Å². The number of carbonyl (C=O) groups is 1. The molecule has 0 spiro atoms. The molecule has 0 aliphatic carbocycles. The van der Waals surface area contributed by atoms with Gasteiger partial charge in [0.05, 0.1) is 4.90 Å². The lowest BCUT2D eigenvalue weighted by Gasteiger charge is -2.32. The average Bonchev–Trinajstić information content (AvgIpc) is 2.63. The number of nitrogens with one attached hydrogen (secondary N) is 2. The maximum Gasteiger partial charge on any atom is 0.251 e. The van der Waals surface area contributed by atoms with Gasteiger partial charge in [0, 0.05) is 30.7 Å². The van der Waals surface area contributed by atoms with Gasteiger partial charge in [0.2, 0.25) is 10.0 Å². The lowest BCUT2D eigenvalue weighted by atomic mass is 10.0. The number of sulfonamides is 1. The standard InChI is InChI=1S/C19H31N3O3S/c1-4-12-22-13-10-17(11-14-22)20-19(23)16-6-8-18(9-7-16)26(24,25)21-15(3)5-2/h6-9,15,17,21H,4-5,10-14H2,1-3H3,(H,20,23). The van der Waals surface area contributed by atoms with Gasteiger partial charge in [0.15, 0.2) is 0 Å². The minimum atomic E-state index is -3.54. The van der Waals surface area contributed by atoms with Crippen LogP contribution in [0.25, 0.3) is 0 Å². The predicted molar refractivity (Wildman–Crippen MR) is 104 cm³/mol. The van der Waals surface area contributed by atoms with Crippen LogP contribution in [0.4, 0.5) is 0 Å². The van der Waals surface area contributed by atoms with Crippen LogP contribution in [-0.4, -0.2) is 50.9 Å². The monoisotopic (exact) mass is 381 g/mol. The van der Waals surface area contributed by atoms with Crippen molar-refractivity contribution in [2.45, 2.75) is 63.4 Å². The van der Waals surface area contributed by atoms with Crippen molar-refractivity contribution in [2.24, 2.45) is 0 Å². The fourth-order valence-corrected chi connectivity index (χ4v) is 4.41. The summed E-state index contributed by atoms with van der Waals surface area (Å²) in [5, 5.41) is 3.07. The Bertz CT molecular complexity index is 680. The van der Waals surface area contributed by atoms with Gasteiger partial charge in [-0.3, -0.25) is 4.79 Å². The lowest BCUT2D eigenvalue weighted by Crippen LogP contribution is -2.44. The molecule has 1 heterocycles. The highest BCUT2D eigenvalue weighted by Gasteiger charge is 2.21. The molecule has 146 valence electrons. The number of hydrogen-bond donors (Lipinski definition) is 2. The summed E-state index contributed by atoms with van der Waals surface area (Å²) in [6.45, 7) is 9.06. The largest absolute Gasteiger partial charge is 0.349 e. The molecular formula is C19H31N3O3S. The molecule has 0 aromatic heterocycles. The molecule has 26 heavy (non-hydrogen) atoms. The first-order chi connectivity index (χ1) is 12.4. The van der Waals surface area contributed by atoms with E-state index >= 15 is 0 Å². The summed E-state index contributed by atoms with van der Waals surface area (Å²) in [4.78, 5) is 15.0. The third-order valence-corrected chi connectivity index (χ3v) is 6.46. The molecule has 1 aliphatic rings. The van der Waals surface area contributed by atoms with Gasteiger partial charge in [-0.15, -0.1) is 0 Å². The second-order valence-electron chi connectivity index (χ2n) is 7.04. The molecule has 1 aliphatic heterocycles. The van der Waals surface area contributed by atoms with E-state index in [1.54, 1.807) is 12.1 Å². The van der Waals surface area contributed by atoms with Gasteiger partial charge in [-0.2, -0.15) is 0 Å². The topological polar surface area (TPSA) is 78.5 Å². The summed E-state index contributed by atoms with van der Waals surface area (Å²) in [5.74, 6) is -0.141. The number of rotatable bonds is 8. The van der Waals surface area contributed by atoms with Crippen molar-refractivity contribution in [3.05, 3.63) is 29.8 Å². The smallest absolute Gasteiger partial charge is 0.251 e. The number of hydrogen-bond acceptors (Lipinski definition) is 4. The molecule has 7 heteroatoms. The zero-order valence-electron chi connectivity index (χ0n) is 16.0. The third-order valence-electron chi connectivity index (χ3n) is 4.86. The maximum atomic E-state index is 12.4. The van der Waals surface area contributed by atoms with Crippen LogP contribution in [0.2, 0.25) is 0 Å². The fraction of sp³-hybridized carbons (Fsp3) is 0.632. The van der Waals surface area contributed by atoms with E-state index in [0.29, 0.717) is 5.56 Å². The van der Waals surface area contributed by atoms with Crippen LogP contribution in [0.15, 0.2) is 29.2 Å². The number of nitrogens with zero attached hydrogens (tertiary/aromatic N) is 1. The van der Waals surface area contributed by atoms with Crippen LogP contribution in [0.1, 0.15) is 56.8 Å². The van der Waals surface area contributed by atoms with E-state index in [2.05, 4.69) is 21.9 Å².